The molecule has 1 amide bonds. The van der Waals surface area contributed by atoms with Crippen LogP contribution in [0.15, 0.2) is 84.9 Å². The second-order valence-electron chi connectivity index (χ2n) is 6.92. The van der Waals surface area contributed by atoms with E-state index in [-0.39, 0.29) is 11.7 Å². The molecule has 0 N–H and O–H groups in total. The summed E-state index contributed by atoms with van der Waals surface area (Å²) in [6.45, 7) is 1.93. The molecule has 3 nitrogen and oxygen atoms in total. The van der Waals surface area contributed by atoms with Crippen LogP contribution in [0.1, 0.15) is 29.3 Å². The Kier molecular flexibility index (Phi) is 4.36. The molecule has 0 fully saturated rings. The van der Waals surface area contributed by atoms with Crippen molar-refractivity contribution in [3.8, 4) is 0 Å². The maximum Gasteiger partial charge on any atom is 0.245 e. The minimum absolute atomic E-state index is 0.0818. The van der Waals surface area contributed by atoms with Gasteiger partial charge in [-0.05, 0) is 42.7 Å². The van der Waals surface area contributed by atoms with E-state index in [0.29, 0.717) is 24.1 Å². The van der Waals surface area contributed by atoms with Crippen LogP contribution in [0.5, 0.6) is 0 Å². The summed E-state index contributed by atoms with van der Waals surface area (Å²) >= 11 is 0. The van der Waals surface area contributed by atoms with Crippen molar-refractivity contribution in [1.29, 1.82) is 0 Å². The van der Waals surface area contributed by atoms with Crippen molar-refractivity contribution in [1.82, 2.24) is 0 Å². The van der Waals surface area contributed by atoms with Gasteiger partial charge in [-0.1, -0.05) is 67.6 Å². The van der Waals surface area contributed by atoms with Crippen LogP contribution in [-0.4, -0.2) is 11.7 Å². The first-order chi connectivity index (χ1) is 13.2. The van der Waals surface area contributed by atoms with Crippen LogP contribution in [0.4, 0.5) is 11.4 Å². The van der Waals surface area contributed by atoms with Gasteiger partial charge < -0.3 is 0 Å². The molecular formula is C24H21NO2. The van der Waals surface area contributed by atoms with Gasteiger partial charge in [-0.3, -0.25) is 14.5 Å². The Labute approximate surface area is 159 Å². The van der Waals surface area contributed by atoms with E-state index in [0.717, 1.165) is 11.3 Å². The predicted molar refractivity (Wildman–Crippen MR) is 107 cm³/mol. The van der Waals surface area contributed by atoms with E-state index in [2.05, 4.69) is 0 Å². The van der Waals surface area contributed by atoms with Crippen molar-refractivity contribution in [3.63, 3.8) is 0 Å². The van der Waals surface area contributed by atoms with Crippen molar-refractivity contribution < 1.29 is 9.59 Å². The van der Waals surface area contributed by atoms with E-state index < -0.39 is 5.41 Å². The summed E-state index contributed by atoms with van der Waals surface area (Å²) in [5.74, 6) is -0.231. The zero-order valence-electron chi connectivity index (χ0n) is 15.3. The largest absolute Gasteiger partial charge is 0.293 e. The number of Topliss-reactive ketones (excluding diaryl/α,β-unsaturated/α-hetero) is 1. The van der Waals surface area contributed by atoms with E-state index in [4.69, 9.17) is 0 Å². The molecule has 1 aliphatic heterocycles. The van der Waals surface area contributed by atoms with Gasteiger partial charge in [-0.15, -0.1) is 0 Å². The first kappa shape index (κ1) is 17.2. The van der Waals surface area contributed by atoms with Crippen molar-refractivity contribution in [2.75, 3.05) is 4.90 Å². The molecule has 3 aromatic carbocycles. The quantitative estimate of drug-likeness (QED) is 0.604. The lowest BCUT2D eigenvalue weighted by molar-refractivity contribution is -0.125. The van der Waals surface area contributed by atoms with Crippen LogP contribution < -0.4 is 4.90 Å². The van der Waals surface area contributed by atoms with Gasteiger partial charge in [0.15, 0.2) is 5.78 Å². The number of anilines is 2. The fourth-order valence-corrected chi connectivity index (χ4v) is 3.91. The minimum atomic E-state index is -1.09. The topological polar surface area (TPSA) is 37.4 Å². The van der Waals surface area contributed by atoms with E-state index in [1.165, 1.54) is 0 Å². The maximum absolute atomic E-state index is 13.8. The highest BCUT2D eigenvalue weighted by Gasteiger charge is 2.51. The first-order valence-corrected chi connectivity index (χ1v) is 9.25. The Bertz CT molecular complexity index is 982. The Hall–Kier alpha value is -3.20. The van der Waals surface area contributed by atoms with E-state index >= 15 is 0 Å². The second-order valence-corrected chi connectivity index (χ2v) is 6.92. The summed E-state index contributed by atoms with van der Waals surface area (Å²) in [5.41, 5.74) is 1.96. The molecule has 0 aromatic heterocycles. The van der Waals surface area contributed by atoms with Crippen LogP contribution in [0.25, 0.3) is 0 Å². The van der Waals surface area contributed by atoms with Gasteiger partial charge in [0.2, 0.25) is 5.91 Å². The molecule has 1 aliphatic rings. The number of amides is 1. The molecule has 3 heteroatoms. The summed E-state index contributed by atoms with van der Waals surface area (Å²) < 4.78 is 0. The number of ketones is 1. The van der Waals surface area contributed by atoms with Crippen molar-refractivity contribution >= 4 is 23.1 Å². The van der Waals surface area contributed by atoms with Gasteiger partial charge in [0.25, 0.3) is 0 Å². The zero-order valence-corrected chi connectivity index (χ0v) is 15.3. The predicted octanol–water partition coefficient (Wildman–Crippen LogP) is 5.19. The molecule has 0 aliphatic carbocycles. The number of fused-ring (bicyclic) bond motifs is 1. The molecule has 134 valence electrons. The third-order valence-corrected chi connectivity index (χ3v) is 5.40. The Morgan fingerprint density at radius 1 is 0.778 bits per heavy atom. The highest BCUT2D eigenvalue weighted by molar-refractivity contribution is 6.27. The van der Waals surface area contributed by atoms with Gasteiger partial charge in [-0.2, -0.15) is 0 Å². The minimum Gasteiger partial charge on any atom is -0.293 e. The first-order valence-electron chi connectivity index (χ1n) is 9.25. The maximum atomic E-state index is 13.8. The molecule has 0 spiro atoms. The smallest absolute Gasteiger partial charge is 0.245 e. The third kappa shape index (κ3) is 2.76. The molecule has 3 aromatic rings. The molecule has 0 saturated carbocycles. The second kappa shape index (κ2) is 6.84. The van der Waals surface area contributed by atoms with Gasteiger partial charge in [0.05, 0.1) is 5.69 Å². The lowest BCUT2D eigenvalue weighted by Crippen LogP contribution is -2.52. The summed E-state index contributed by atoms with van der Waals surface area (Å²) in [6, 6.07) is 26.7. The molecule has 0 bridgehead atoms. The van der Waals surface area contributed by atoms with Gasteiger partial charge in [0.1, 0.15) is 5.41 Å². The van der Waals surface area contributed by atoms with Crippen LogP contribution in [-0.2, 0) is 11.2 Å². The monoisotopic (exact) mass is 355 g/mol. The molecule has 4 rings (SSSR count). The SMILES string of the molecule is CCC1(Cc2ccccc2)C(=O)c2ccccc2N(c2ccccc2)C1=O. The Morgan fingerprint density at radius 3 is 2.04 bits per heavy atom. The van der Waals surface area contributed by atoms with Crippen molar-refractivity contribution in [2.24, 2.45) is 5.41 Å². The number of rotatable bonds is 4. The van der Waals surface area contributed by atoms with Gasteiger partial charge in [0, 0.05) is 11.3 Å². The molecule has 1 atom stereocenters. The normalized spacial score (nSPS) is 19.1. The molecule has 0 radical (unpaired) electrons. The van der Waals surface area contributed by atoms with Crippen LogP contribution in [0.2, 0.25) is 0 Å². The molecular weight excluding hydrogens is 334 g/mol. The molecule has 27 heavy (non-hydrogen) atoms. The number of carbonyl (C=O) groups excluding carboxylic acids is 2. The average Bonchev–Trinajstić information content (AvgIpc) is 2.73. The number of nitrogens with zero attached hydrogens (tertiary/aromatic N) is 1. The Morgan fingerprint density at radius 2 is 1.37 bits per heavy atom. The van der Waals surface area contributed by atoms with Gasteiger partial charge in [-0.25, -0.2) is 0 Å². The zero-order chi connectivity index (χ0) is 18.9. The van der Waals surface area contributed by atoms with E-state index in [1.54, 1.807) is 4.90 Å². The number of hydrogen-bond acceptors (Lipinski definition) is 2. The number of para-hydroxylation sites is 2. The summed E-state index contributed by atoms with van der Waals surface area (Å²) in [5, 5.41) is 0. The van der Waals surface area contributed by atoms with E-state index in [1.807, 2.05) is 91.9 Å². The molecule has 0 saturated heterocycles. The van der Waals surface area contributed by atoms with E-state index in [9.17, 15) is 9.59 Å². The fourth-order valence-electron chi connectivity index (χ4n) is 3.91. The molecule has 1 heterocycles. The number of hydrogen-bond donors (Lipinski definition) is 0. The van der Waals surface area contributed by atoms with Gasteiger partial charge >= 0.3 is 0 Å². The van der Waals surface area contributed by atoms with Crippen LogP contribution >= 0.6 is 0 Å². The van der Waals surface area contributed by atoms with Crippen molar-refractivity contribution in [3.05, 3.63) is 96.1 Å². The summed E-state index contributed by atoms with van der Waals surface area (Å²) in [6.07, 6.45) is 0.858. The van der Waals surface area contributed by atoms with Crippen LogP contribution in [0, 0.1) is 5.41 Å². The fraction of sp³-hybridized carbons (Fsp3) is 0.167. The number of carbonyl (C=O) groups is 2. The Balaban J connectivity index is 1.91. The highest BCUT2D eigenvalue weighted by Crippen LogP contribution is 2.45. The summed E-state index contributed by atoms with van der Waals surface area (Å²) in [4.78, 5) is 29.0. The molecule has 1 unspecified atom stereocenters. The van der Waals surface area contributed by atoms with Crippen LogP contribution in [0.3, 0.4) is 0 Å². The van der Waals surface area contributed by atoms with Crippen molar-refractivity contribution in [2.45, 2.75) is 19.8 Å². The third-order valence-electron chi connectivity index (χ3n) is 5.40. The lowest BCUT2D eigenvalue weighted by Gasteiger charge is -2.41. The lowest BCUT2D eigenvalue weighted by atomic mass is 9.69. The highest BCUT2D eigenvalue weighted by atomic mass is 16.2. The number of benzene rings is 3. The standard InChI is InChI=1S/C24H21NO2/c1-2-24(17-18-11-5-3-6-12-18)22(26)20-15-9-10-16-21(20)25(23(24)27)19-13-7-4-8-14-19/h3-16H,2,17H2,1H3. The summed E-state index contributed by atoms with van der Waals surface area (Å²) in [7, 11) is 0. The average molecular weight is 355 g/mol.